The van der Waals surface area contributed by atoms with Crippen LogP contribution in [0.3, 0.4) is 0 Å². The van der Waals surface area contributed by atoms with E-state index in [1.54, 1.807) is 6.33 Å². The lowest BCUT2D eigenvalue weighted by molar-refractivity contribution is -0.141. The van der Waals surface area contributed by atoms with Gasteiger partial charge in [-0.3, -0.25) is 4.79 Å². The fraction of sp³-hybridized carbons (Fsp3) is 0.250. The third-order valence-corrected chi connectivity index (χ3v) is 3.80. The fourth-order valence-corrected chi connectivity index (χ4v) is 2.84. The molecule has 0 saturated heterocycles. The van der Waals surface area contributed by atoms with Crippen LogP contribution in [0.25, 0.3) is 11.1 Å². The summed E-state index contributed by atoms with van der Waals surface area (Å²) in [6.07, 6.45) is 3.94. The van der Waals surface area contributed by atoms with Crippen LogP contribution in [0.5, 0.6) is 0 Å². The molecular weight excluding hydrogens is 252 g/mol. The second-order valence-electron chi connectivity index (χ2n) is 4.89. The maximum Gasteiger partial charge on any atom is 0.307 e. The number of ether oxygens (including phenoxy) is 1. The molecule has 1 aromatic heterocycles. The molecule has 102 valence electrons. The second kappa shape index (κ2) is 4.96. The number of nitrogens with zero attached hydrogens (tertiary/aromatic N) is 2. The maximum absolute atomic E-state index is 11.7. The van der Waals surface area contributed by atoms with Gasteiger partial charge >= 0.3 is 5.97 Å². The zero-order chi connectivity index (χ0) is 14.1. The molecule has 1 atom stereocenters. The van der Waals surface area contributed by atoms with Crippen LogP contribution < -0.4 is 0 Å². The van der Waals surface area contributed by atoms with Gasteiger partial charge in [-0.05, 0) is 23.6 Å². The number of hydrogen-bond donors (Lipinski definition) is 0. The molecular formula is C16H16N2O2. The Morgan fingerprint density at radius 3 is 2.80 bits per heavy atom. The Labute approximate surface area is 117 Å². The summed E-state index contributed by atoms with van der Waals surface area (Å²) in [7, 11) is 1.42. The standard InChI is InChI=1S/C16H16N2O2/c1-11-14-9-17-10-18(14)13(8-15(19)20-2)16(11)12-6-4-3-5-7-12/h3-7,9-10,13H,8H2,1-2H3. The summed E-state index contributed by atoms with van der Waals surface area (Å²) in [6, 6.07) is 10.1. The zero-order valence-corrected chi connectivity index (χ0v) is 11.5. The molecule has 1 aromatic carbocycles. The Bertz CT molecular complexity index is 671. The van der Waals surface area contributed by atoms with Gasteiger partial charge in [0, 0.05) is 0 Å². The second-order valence-corrected chi connectivity index (χ2v) is 4.89. The minimum absolute atomic E-state index is 0.0395. The molecule has 1 unspecified atom stereocenters. The Hall–Kier alpha value is -2.36. The number of rotatable bonds is 3. The van der Waals surface area contributed by atoms with Gasteiger partial charge in [-0.25, -0.2) is 4.98 Å². The molecule has 1 aliphatic rings. The predicted octanol–water partition coefficient (Wildman–Crippen LogP) is 2.93. The number of methoxy groups -OCH3 is 1. The number of hydrogen-bond acceptors (Lipinski definition) is 3. The molecule has 0 amide bonds. The van der Waals surface area contributed by atoms with Crippen molar-refractivity contribution in [1.82, 2.24) is 9.55 Å². The zero-order valence-electron chi connectivity index (χ0n) is 11.5. The summed E-state index contributed by atoms with van der Waals surface area (Å²) in [6.45, 7) is 2.08. The Morgan fingerprint density at radius 1 is 1.35 bits per heavy atom. The SMILES string of the molecule is COC(=O)CC1C(c2ccccc2)=C(C)c2cncn21. The van der Waals surface area contributed by atoms with Crippen LogP contribution in [0.1, 0.15) is 30.6 Å². The van der Waals surface area contributed by atoms with Gasteiger partial charge in [0.1, 0.15) is 0 Å². The number of carbonyl (C=O) groups is 1. The molecule has 0 aliphatic carbocycles. The number of fused-ring (bicyclic) bond motifs is 1. The van der Waals surface area contributed by atoms with E-state index in [-0.39, 0.29) is 12.0 Å². The van der Waals surface area contributed by atoms with Gasteiger partial charge in [-0.2, -0.15) is 0 Å². The molecule has 2 heterocycles. The van der Waals surface area contributed by atoms with E-state index in [2.05, 4.69) is 28.6 Å². The maximum atomic E-state index is 11.7. The van der Waals surface area contributed by atoms with Crippen LogP contribution >= 0.6 is 0 Å². The molecule has 0 bridgehead atoms. The topological polar surface area (TPSA) is 44.1 Å². The molecule has 4 nitrogen and oxygen atoms in total. The summed E-state index contributed by atoms with van der Waals surface area (Å²) < 4.78 is 6.88. The van der Waals surface area contributed by atoms with Crippen molar-refractivity contribution in [2.75, 3.05) is 7.11 Å². The van der Waals surface area contributed by atoms with E-state index in [1.165, 1.54) is 18.3 Å². The van der Waals surface area contributed by atoms with Crippen LogP contribution in [-0.4, -0.2) is 22.6 Å². The highest BCUT2D eigenvalue weighted by Crippen LogP contribution is 2.43. The molecule has 20 heavy (non-hydrogen) atoms. The molecule has 4 heteroatoms. The normalized spacial score (nSPS) is 17.2. The lowest BCUT2D eigenvalue weighted by Gasteiger charge is -2.17. The highest BCUT2D eigenvalue weighted by atomic mass is 16.5. The number of esters is 1. The third-order valence-electron chi connectivity index (χ3n) is 3.80. The van der Waals surface area contributed by atoms with Crippen molar-refractivity contribution in [1.29, 1.82) is 0 Å². The van der Waals surface area contributed by atoms with Gasteiger partial charge in [0.2, 0.25) is 0 Å². The summed E-state index contributed by atoms with van der Waals surface area (Å²) in [5, 5.41) is 0. The van der Waals surface area contributed by atoms with Crippen LogP contribution in [-0.2, 0) is 9.53 Å². The Balaban J connectivity index is 2.08. The number of carbonyl (C=O) groups excluding carboxylic acids is 1. The molecule has 0 N–H and O–H groups in total. The molecule has 0 radical (unpaired) electrons. The van der Waals surface area contributed by atoms with E-state index < -0.39 is 0 Å². The average Bonchev–Trinajstić information content (AvgIpc) is 3.04. The number of benzene rings is 1. The van der Waals surface area contributed by atoms with Crippen LogP contribution in [0, 0.1) is 0 Å². The number of imidazole rings is 1. The van der Waals surface area contributed by atoms with E-state index in [9.17, 15) is 4.79 Å². The first-order chi connectivity index (χ1) is 9.72. The minimum Gasteiger partial charge on any atom is -0.469 e. The van der Waals surface area contributed by atoms with Crippen molar-refractivity contribution in [3.63, 3.8) is 0 Å². The Kier molecular flexibility index (Phi) is 3.14. The lowest BCUT2D eigenvalue weighted by Crippen LogP contribution is -2.13. The highest BCUT2D eigenvalue weighted by molar-refractivity contribution is 5.95. The summed E-state index contributed by atoms with van der Waals surface area (Å²) >= 11 is 0. The molecule has 0 saturated carbocycles. The minimum atomic E-state index is -0.210. The van der Waals surface area contributed by atoms with Crippen molar-refractivity contribution < 1.29 is 9.53 Å². The summed E-state index contributed by atoms with van der Waals surface area (Å²) in [5.41, 5.74) is 4.55. The quantitative estimate of drug-likeness (QED) is 0.804. The smallest absolute Gasteiger partial charge is 0.307 e. The van der Waals surface area contributed by atoms with Gasteiger partial charge in [-0.15, -0.1) is 0 Å². The first-order valence-electron chi connectivity index (χ1n) is 6.57. The van der Waals surface area contributed by atoms with Gasteiger partial charge < -0.3 is 9.30 Å². The van der Waals surface area contributed by atoms with Crippen LogP contribution in [0.4, 0.5) is 0 Å². The number of allylic oxidation sites excluding steroid dienone is 2. The average molecular weight is 268 g/mol. The molecule has 0 spiro atoms. The van der Waals surface area contributed by atoms with Gasteiger partial charge in [-0.1, -0.05) is 30.3 Å². The van der Waals surface area contributed by atoms with E-state index >= 15 is 0 Å². The molecule has 0 fully saturated rings. The van der Waals surface area contributed by atoms with E-state index in [0.717, 1.165) is 11.3 Å². The molecule has 1 aliphatic heterocycles. The summed E-state index contributed by atoms with van der Waals surface area (Å²) in [5.74, 6) is -0.210. The van der Waals surface area contributed by atoms with Crippen molar-refractivity contribution in [2.45, 2.75) is 19.4 Å². The highest BCUT2D eigenvalue weighted by Gasteiger charge is 2.31. The fourth-order valence-electron chi connectivity index (χ4n) is 2.84. The summed E-state index contributed by atoms with van der Waals surface area (Å²) in [4.78, 5) is 15.9. The lowest BCUT2D eigenvalue weighted by atomic mass is 9.94. The largest absolute Gasteiger partial charge is 0.469 e. The third kappa shape index (κ3) is 1.93. The Morgan fingerprint density at radius 2 is 2.10 bits per heavy atom. The van der Waals surface area contributed by atoms with E-state index in [4.69, 9.17) is 4.74 Å². The van der Waals surface area contributed by atoms with Crippen LogP contribution in [0.2, 0.25) is 0 Å². The predicted molar refractivity (Wildman–Crippen MR) is 76.8 cm³/mol. The van der Waals surface area contributed by atoms with Crippen molar-refractivity contribution in [3.8, 4) is 0 Å². The van der Waals surface area contributed by atoms with E-state index in [1.807, 2.05) is 24.4 Å². The number of aromatic nitrogens is 2. The van der Waals surface area contributed by atoms with Gasteiger partial charge in [0.15, 0.2) is 0 Å². The first kappa shape index (κ1) is 12.7. The van der Waals surface area contributed by atoms with Gasteiger partial charge in [0.25, 0.3) is 0 Å². The first-order valence-corrected chi connectivity index (χ1v) is 6.57. The molecule has 2 aromatic rings. The monoisotopic (exact) mass is 268 g/mol. The van der Waals surface area contributed by atoms with Crippen molar-refractivity contribution in [2.24, 2.45) is 0 Å². The van der Waals surface area contributed by atoms with E-state index in [0.29, 0.717) is 6.42 Å². The van der Waals surface area contributed by atoms with Crippen molar-refractivity contribution >= 4 is 17.1 Å². The van der Waals surface area contributed by atoms with Gasteiger partial charge in [0.05, 0.1) is 37.8 Å². The molecule has 3 rings (SSSR count). The van der Waals surface area contributed by atoms with Crippen LogP contribution in [0.15, 0.2) is 42.9 Å². The van der Waals surface area contributed by atoms with Crippen molar-refractivity contribution in [3.05, 3.63) is 54.1 Å².